The van der Waals surface area contributed by atoms with Crippen LogP contribution in [0.25, 0.3) is 5.70 Å². The first kappa shape index (κ1) is 15.8. The number of methoxy groups -OCH3 is 1. The lowest BCUT2D eigenvalue weighted by Gasteiger charge is -2.26. The summed E-state index contributed by atoms with van der Waals surface area (Å²) in [6.45, 7) is 3.69. The number of carbonyl (C=O) groups excluding carboxylic acids is 1. The number of nitrogens with one attached hydrogen (secondary N) is 1. The molecule has 1 amide bonds. The molecule has 1 atom stereocenters. The van der Waals surface area contributed by atoms with E-state index in [1.807, 2.05) is 6.07 Å². The maximum Gasteiger partial charge on any atom is 0.238 e. The SMILES string of the molecule is COc1ccc2c(c1)C1=C(CC2)C(c2ccc(C)cc2)N(C(C)=O)N1. The van der Waals surface area contributed by atoms with E-state index in [1.54, 1.807) is 19.0 Å². The molecule has 0 saturated carbocycles. The zero-order valence-corrected chi connectivity index (χ0v) is 14.8. The maximum atomic E-state index is 12.3. The summed E-state index contributed by atoms with van der Waals surface area (Å²) in [5, 5.41) is 1.75. The van der Waals surface area contributed by atoms with Crippen molar-refractivity contribution >= 4 is 11.6 Å². The van der Waals surface area contributed by atoms with Crippen molar-refractivity contribution in [1.82, 2.24) is 10.4 Å². The second-order valence-electron chi connectivity index (χ2n) is 6.74. The first-order valence-electron chi connectivity index (χ1n) is 8.62. The molecule has 2 aromatic carbocycles. The number of amides is 1. The fourth-order valence-electron chi connectivity index (χ4n) is 3.81. The van der Waals surface area contributed by atoms with Gasteiger partial charge in [0.1, 0.15) is 11.8 Å². The van der Waals surface area contributed by atoms with Crippen LogP contribution in [0.5, 0.6) is 5.75 Å². The van der Waals surface area contributed by atoms with Crippen molar-refractivity contribution in [2.45, 2.75) is 32.7 Å². The van der Waals surface area contributed by atoms with E-state index in [9.17, 15) is 4.79 Å². The lowest BCUT2D eigenvalue weighted by Crippen LogP contribution is -2.38. The van der Waals surface area contributed by atoms with E-state index in [0.717, 1.165) is 35.4 Å². The van der Waals surface area contributed by atoms with E-state index in [2.05, 4.69) is 48.7 Å². The summed E-state index contributed by atoms with van der Waals surface area (Å²) >= 11 is 0. The number of aryl methyl sites for hydroxylation is 2. The minimum Gasteiger partial charge on any atom is -0.497 e. The van der Waals surface area contributed by atoms with Crippen LogP contribution >= 0.6 is 0 Å². The van der Waals surface area contributed by atoms with Gasteiger partial charge in [0.2, 0.25) is 5.91 Å². The van der Waals surface area contributed by atoms with Gasteiger partial charge < -0.3 is 4.74 Å². The Morgan fingerprint density at radius 3 is 2.60 bits per heavy atom. The van der Waals surface area contributed by atoms with Crippen LogP contribution in [0, 0.1) is 6.92 Å². The Morgan fingerprint density at radius 1 is 1.16 bits per heavy atom. The molecule has 0 radical (unpaired) electrons. The Morgan fingerprint density at radius 2 is 1.92 bits per heavy atom. The van der Waals surface area contributed by atoms with Crippen molar-refractivity contribution < 1.29 is 9.53 Å². The molecule has 0 bridgehead atoms. The summed E-state index contributed by atoms with van der Waals surface area (Å²) in [6.07, 6.45) is 1.93. The molecule has 1 unspecified atom stereocenters. The van der Waals surface area contributed by atoms with Gasteiger partial charge in [0.05, 0.1) is 12.8 Å². The van der Waals surface area contributed by atoms with Crippen molar-refractivity contribution in [1.29, 1.82) is 0 Å². The van der Waals surface area contributed by atoms with Crippen molar-refractivity contribution in [3.63, 3.8) is 0 Å². The van der Waals surface area contributed by atoms with Crippen LogP contribution in [-0.2, 0) is 11.2 Å². The lowest BCUT2D eigenvalue weighted by molar-refractivity contribution is -0.132. The Hall–Kier alpha value is -2.75. The standard InChI is InChI=1S/C21H22N2O2/c1-13-4-6-16(7-5-13)21-18-11-9-15-8-10-17(25-3)12-19(15)20(18)22-23(21)14(2)24/h4-8,10,12,21-22H,9,11H2,1-3H3. The van der Waals surface area contributed by atoms with E-state index in [0.29, 0.717) is 0 Å². The van der Waals surface area contributed by atoms with Crippen LogP contribution in [0.15, 0.2) is 48.0 Å². The lowest BCUT2D eigenvalue weighted by atomic mass is 9.85. The Labute approximate surface area is 148 Å². The molecular formula is C21H22N2O2. The molecule has 0 aromatic heterocycles. The molecule has 128 valence electrons. The molecule has 1 heterocycles. The summed E-state index contributed by atoms with van der Waals surface area (Å²) < 4.78 is 5.40. The first-order chi connectivity index (χ1) is 12.1. The van der Waals surface area contributed by atoms with Gasteiger partial charge in [0, 0.05) is 12.5 Å². The summed E-state index contributed by atoms with van der Waals surface area (Å²) in [5.74, 6) is 0.854. The monoisotopic (exact) mass is 334 g/mol. The van der Waals surface area contributed by atoms with E-state index < -0.39 is 0 Å². The van der Waals surface area contributed by atoms with Gasteiger partial charge in [-0.25, -0.2) is 5.01 Å². The number of rotatable bonds is 2. The van der Waals surface area contributed by atoms with Gasteiger partial charge in [0.25, 0.3) is 0 Å². The molecule has 4 rings (SSSR count). The molecule has 1 N–H and O–H groups in total. The van der Waals surface area contributed by atoms with E-state index in [4.69, 9.17) is 4.74 Å². The Balaban J connectivity index is 1.84. The molecule has 0 saturated heterocycles. The van der Waals surface area contributed by atoms with E-state index in [-0.39, 0.29) is 11.9 Å². The Bertz CT molecular complexity index is 868. The second-order valence-corrected chi connectivity index (χ2v) is 6.74. The van der Waals surface area contributed by atoms with Gasteiger partial charge in [-0.3, -0.25) is 10.2 Å². The second kappa shape index (κ2) is 5.96. The summed E-state index contributed by atoms with van der Waals surface area (Å²) in [4.78, 5) is 12.3. The molecule has 2 aromatic rings. The number of carbonyl (C=O) groups is 1. The van der Waals surface area contributed by atoms with Gasteiger partial charge in [0.15, 0.2) is 0 Å². The molecule has 2 aliphatic rings. The zero-order valence-electron chi connectivity index (χ0n) is 14.8. The normalized spacial score (nSPS) is 18.5. The average Bonchev–Trinajstić information content (AvgIpc) is 3.02. The smallest absolute Gasteiger partial charge is 0.238 e. The van der Waals surface area contributed by atoms with Gasteiger partial charge in [-0.2, -0.15) is 0 Å². The van der Waals surface area contributed by atoms with Gasteiger partial charge in [-0.1, -0.05) is 35.9 Å². The topological polar surface area (TPSA) is 41.6 Å². The third-order valence-corrected chi connectivity index (χ3v) is 5.12. The van der Waals surface area contributed by atoms with Crippen molar-refractivity contribution in [3.05, 3.63) is 70.3 Å². The minimum atomic E-state index is -0.0487. The number of hydrogen-bond acceptors (Lipinski definition) is 3. The van der Waals surface area contributed by atoms with E-state index in [1.165, 1.54) is 16.7 Å². The van der Waals surface area contributed by atoms with Crippen LogP contribution in [0.4, 0.5) is 0 Å². The number of hydrazine groups is 1. The van der Waals surface area contributed by atoms with Crippen molar-refractivity contribution in [2.75, 3.05) is 7.11 Å². The number of benzene rings is 2. The molecular weight excluding hydrogens is 312 g/mol. The van der Waals surface area contributed by atoms with Gasteiger partial charge >= 0.3 is 0 Å². The highest BCUT2D eigenvalue weighted by molar-refractivity contribution is 5.82. The molecule has 1 aliphatic carbocycles. The highest BCUT2D eigenvalue weighted by atomic mass is 16.5. The first-order valence-corrected chi connectivity index (χ1v) is 8.62. The fourth-order valence-corrected chi connectivity index (χ4v) is 3.81. The number of ether oxygens (including phenoxy) is 1. The van der Waals surface area contributed by atoms with Gasteiger partial charge in [-0.05, 0) is 48.6 Å². The van der Waals surface area contributed by atoms with Crippen LogP contribution in [0.2, 0.25) is 0 Å². The molecule has 4 heteroatoms. The molecule has 4 nitrogen and oxygen atoms in total. The zero-order chi connectivity index (χ0) is 17.6. The fraction of sp³-hybridized carbons (Fsp3) is 0.286. The Kier molecular flexibility index (Phi) is 3.75. The molecule has 1 aliphatic heterocycles. The summed E-state index contributed by atoms with van der Waals surface area (Å²) in [5.41, 5.74) is 10.5. The predicted octanol–water partition coefficient (Wildman–Crippen LogP) is 3.77. The van der Waals surface area contributed by atoms with Crippen molar-refractivity contribution in [2.24, 2.45) is 0 Å². The van der Waals surface area contributed by atoms with Crippen LogP contribution in [0.1, 0.15) is 41.6 Å². The molecule has 25 heavy (non-hydrogen) atoms. The maximum absolute atomic E-state index is 12.3. The van der Waals surface area contributed by atoms with Crippen LogP contribution < -0.4 is 10.2 Å². The number of hydrogen-bond donors (Lipinski definition) is 1. The average molecular weight is 334 g/mol. The molecule has 0 fully saturated rings. The van der Waals surface area contributed by atoms with E-state index >= 15 is 0 Å². The minimum absolute atomic E-state index is 0.0180. The number of fused-ring (bicyclic) bond motifs is 2. The summed E-state index contributed by atoms with van der Waals surface area (Å²) in [7, 11) is 1.68. The third-order valence-electron chi connectivity index (χ3n) is 5.12. The van der Waals surface area contributed by atoms with Crippen LogP contribution in [0.3, 0.4) is 0 Å². The number of nitrogens with zero attached hydrogens (tertiary/aromatic N) is 1. The van der Waals surface area contributed by atoms with Gasteiger partial charge in [-0.15, -0.1) is 0 Å². The van der Waals surface area contributed by atoms with Crippen LogP contribution in [-0.4, -0.2) is 18.0 Å². The highest BCUT2D eigenvalue weighted by Gasteiger charge is 2.38. The third kappa shape index (κ3) is 2.58. The quantitative estimate of drug-likeness (QED) is 0.909. The predicted molar refractivity (Wildman–Crippen MR) is 97.8 cm³/mol. The summed E-state index contributed by atoms with van der Waals surface area (Å²) in [6, 6.07) is 14.6. The highest BCUT2D eigenvalue weighted by Crippen LogP contribution is 2.44. The van der Waals surface area contributed by atoms with Crippen molar-refractivity contribution in [3.8, 4) is 5.75 Å². The largest absolute Gasteiger partial charge is 0.497 e. The molecule has 0 spiro atoms.